The standard InChI is InChI=1S/C11H16ClN3/c1-9-8-15(6-5-14(9)2)10-3-4-13-11(12)7-10/h3-4,7,9H,5-6,8H2,1-2H3. The zero-order chi connectivity index (χ0) is 10.8. The Morgan fingerprint density at radius 3 is 2.93 bits per heavy atom. The van der Waals surface area contributed by atoms with Crippen molar-refractivity contribution in [1.82, 2.24) is 9.88 Å². The summed E-state index contributed by atoms with van der Waals surface area (Å²) in [6.45, 7) is 5.45. The molecule has 0 bridgehead atoms. The van der Waals surface area contributed by atoms with Gasteiger partial charge in [0.2, 0.25) is 0 Å². The second-order valence-corrected chi connectivity index (χ2v) is 4.50. The van der Waals surface area contributed by atoms with Crippen LogP contribution in [-0.2, 0) is 0 Å². The summed E-state index contributed by atoms with van der Waals surface area (Å²) in [5.74, 6) is 0. The van der Waals surface area contributed by atoms with Gasteiger partial charge in [0, 0.05) is 37.6 Å². The molecule has 0 saturated carbocycles. The maximum absolute atomic E-state index is 5.88. The molecule has 0 aromatic carbocycles. The normalized spacial score (nSPS) is 23.1. The summed E-state index contributed by atoms with van der Waals surface area (Å²) < 4.78 is 0. The van der Waals surface area contributed by atoms with Gasteiger partial charge < -0.3 is 9.80 Å². The predicted octanol–water partition coefficient (Wildman–Crippen LogP) is 1.88. The van der Waals surface area contributed by atoms with Crippen LogP contribution in [0.4, 0.5) is 5.69 Å². The molecule has 2 rings (SSSR count). The van der Waals surface area contributed by atoms with Crippen molar-refractivity contribution in [2.45, 2.75) is 13.0 Å². The van der Waals surface area contributed by atoms with Crippen molar-refractivity contribution < 1.29 is 0 Å². The fraction of sp³-hybridized carbons (Fsp3) is 0.545. The van der Waals surface area contributed by atoms with Crippen LogP contribution in [0.5, 0.6) is 0 Å². The Morgan fingerprint density at radius 2 is 2.27 bits per heavy atom. The van der Waals surface area contributed by atoms with Crippen LogP contribution >= 0.6 is 11.6 Å². The van der Waals surface area contributed by atoms with Crippen molar-refractivity contribution >= 4 is 17.3 Å². The average Bonchev–Trinajstić information content (AvgIpc) is 2.22. The van der Waals surface area contributed by atoms with E-state index in [4.69, 9.17) is 11.6 Å². The van der Waals surface area contributed by atoms with Gasteiger partial charge in [-0.05, 0) is 26.1 Å². The van der Waals surface area contributed by atoms with E-state index in [2.05, 4.69) is 28.8 Å². The van der Waals surface area contributed by atoms with E-state index in [0.29, 0.717) is 11.2 Å². The van der Waals surface area contributed by atoms with Gasteiger partial charge in [-0.1, -0.05) is 11.6 Å². The molecule has 0 N–H and O–H groups in total. The van der Waals surface area contributed by atoms with E-state index in [-0.39, 0.29) is 0 Å². The first-order valence-corrected chi connectivity index (χ1v) is 5.61. The molecule has 82 valence electrons. The van der Waals surface area contributed by atoms with Gasteiger partial charge in [-0.15, -0.1) is 0 Å². The zero-order valence-electron chi connectivity index (χ0n) is 9.15. The Morgan fingerprint density at radius 1 is 1.47 bits per heavy atom. The first-order valence-electron chi connectivity index (χ1n) is 5.23. The maximum atomic E-state index is 5.88. The Hall–Kier alpha value is -0.800. The highest BCUT2D eigenvalue weighted by Gasteiger charge is 2.20. The molecule has 1 aromatic rings. The van der Waals surface area contributed by atoms with Gasteiger partial charge in [0.15, 0.2) is 0 Å². The van der Waals surface area contributed by atoms with Crippen molar-refractivity contribution in [1.29, 1.82) is 0 Å². The van der Waals surface area contributed by atoms with Crippen molar-refractivity contribution in [2.75, 3.05) is 31.6 Å². The van der Waals surface area contributed by atoms with Crippen LogP contribution in [0.25, 0.3) is 0 Å². The fourth-order valence-corrected chi connectivity index (χ4v) is 2.04. The van der Waals surface area contributed by atoms with Crippen molar-refractivity contribution in [3.05, 3.63) is 23.5 Å². The number of pyridine rings is 1. The van der Waals surface area contributed by atoms with Gasteiger partial charge in [0.25, 0.3) is 0 Å². The number of hydrogen-bond donors (Lipinski definition) is 0. The van der Waals surface area contributed by atoms with E-state index in [9.17, 15) is 0 Å². The molecule has 0 amide bonds. The predicted molar refractivity (Wildman–Crippen MR) is 63.6 cm³/mol. The highest BCUT2D eigenvalue weighted by molar-refractivity contribution is 6.29. The van der Waals surface area contributed by atoms with Crippen LogP contribution in [0, 0.1) is 0 Å². The number of aromatic nitrogens is 1. The second kappa shape index (κ2) is 4.37. The average molecular weight is 226 g/mol. The number of piperazine rings is 1. The van der Waals surface area contributed by atoms with E-state index in [1.165, 1.54) is 5.69 Å². The minimum atomic E-state index is 0.569. The molecule has 3 nitrogen and oxygen atoms in total. The molecule has 4 heteroatoms. The lowest BCUT2D eigenvalue weighted by molar-refractivity contribution is 0.234. The summed E-state index contributed by atoms with van der Waals surface area (Å²) in [5.41, 5.74) is 1.18. The van der Waals surface area contributed by atoms with Crippen LogP contribution in [0.1, 0.15) is 6.92 Å². The van der Waals surface area contributed by atoms with Gasteiger partial charge >= 0.3 is 0 Å². The quantitative estimate of drug-likeness (QED) is 0.681. The van der Waals surface area contributed by atoms with E-state index in [0.717, 1.165) is 19.6 Å². The number of rotatable bonds is 1. The van der Waals surface area contributed by atoms with Crippen LogP contribution in [-0.4, -0.2) is 42.6 Å². The van der Waals surface area contributed by atoms with Crippen LogP contribution in [0.3, 0.4) is 0 Å². The van der Waals surface area contributed by atoms with Gasteiger partial charge in [-0.2, -0.15) is 0 Å². The number of anilines is 1. The van der Waals surface area contributed by atoms with E-state index < -0.39 is 0 Å². The highest BCUT2D eigenvalue weighted by Crippen LogP contribution is 2.20. The third-order valence-electron chi connectivity index (χ3n) is 3.03. The molecular weight excluding hydrogens is 210 g/mol. The molecule has 1 fully saturated rings. The molecule has 0 spiro atoms. The van der Waals surface area contributed by atoms with Crippen molar-refractivity contribution in [3.8, 4) is 0 Å². The molecule has 15 heavy (non-hydrogen) atoms. The first kappa shape index (κ1) is 10.7. The third kappa shape index (κ3) is 2.41. The monoisotopic (exact) mass is 225 g/mol. The van der Waals surface area contributed by atoms with Gasteiger partial charge in [0.1, 0.15) is 5.15 Å². The van der Waals surface area contributed by atoms with Crippen LogP contribution in [0.15, 0.2) is 18.3 Å². The Balaban J connectivity index is 2.12. The third-order valence-corrected chi connectivity index (χ3v) is 3.24. The first-order chi connectivity index (χ1) is 7.16. The minimum absolute atomic E-state index is 0.569. The summed E-state index contributed by atoms with van der Waals surface area (Å²) in [5, 5.41) is 0.569. The van der Waals surface area contributed by atoms with Gasteiger partial charge in [0.05, 0.1) is 0 Å². The number of hydrogen-bond acceptors (Lipinski definition) is 3. The Kier molecular flexibility index (Phi) is 3.12. The molecule has 1 aliphatic heterocycles. The minimum Gasteiger partial charge on any atom is -0.369 e. The highest BCUT2D eigenvalue weighted by atomic mass is 35.5. The lowest BCUT2D eigenvalue weighted by Crippen LogP contribution is -2.50. The van der Waals surface area contributed by atoms with Crippen LogP contribution in [0.2, 0.25) is 5.15 Å². The smallest absolute Gasteiger partial charge is 0.131 e. The van der Waals surface area contributed by atoms with Gasteiger partial charge in [-0.25, -0.2) is 4.98 Å². The molecule has 1 atom stereocenters. The van der Waals surface area contributed by atoms with Crippen molar-refractivity contribution in [2.24, 2.45) is 0 Å². The number of likely N-dealkylation sites (N-methyl/N-ethyl adjacent to an activating group) is 1. The lowest BCUT2D eigenvalue weighted by atomic mass is 10.2. The molecule has 1 aromatic heterocycles. The van der Waals surface area contributed by atoms with Crippen molar-refractivity contribution in [3.63, 3.8) is 0 Å². The molecule has 0 aliphatic carbocycles. The molecule has 1 saturated heterocycles. The Labute approximate surface area is 95.7 Å². The SMILES string of the molecule is CC1CN(c2ccnc(Cl)c2)CCN1C. The maximum Gasteiger partial charge on any atom is 0.131 e. The summed E-state index contributed by atoms with van der Waals surface area (Å²) in [7, 11) is 2.17. The summed E-state index contributed by atoms with van der Waals surface area (Å²) in [6, 6.07) is 4.54. The fourth-order valence-electron chi connectivity index (χ4n) is 1.87. The summed E-state index contributed by atoms with van der Waals surface area (Å²) >= 11 is 5.88. The summed E-state index contributed by atoms with van der Waals surface area (Å²) in [4.78, 5) is 8.73. The van der Waals surface area contributed by atoms with Gasteiger partial charge in [-0.3, -0.25) is 0 Å². The molecular formula is C11H16ClN3. The Bertz CT molecular complexity index is 342. The molecule has 2 heterocycles. The van der Waals surface area contributed by atoms with E-state index in [1.807, 2.05) is 12.1 Å². The number of halogens is 1. The summed E-state index contributed by atoms with van der Waals surface area (Å²) in [6.07, 6.45) is 1.76. The van der Waals surface area contributed by atoms with E-state index in [1.54, 1.807) is 6.20 Å². The molecule has 1 unspecified atom stereocenters. The zero-order valence-corrected chi connectivity index (χ0v) is 9.91. The van der Waals surface area contributed by atoms with E-state index >= 15 is 0 Å². The lowest BCUT2D eigenvalue weighted by Gasteiger charge is -2.38. The second-order valence-electron chi connectivity index (χ2n) is 4.11. The topological polar surface area (TPSA) is 19.4 Å². The molecule has 0 radical (unpaired) electrons. The largest absolute Gasteiger partial charge is 0.369 e. The van der Waals surface area contributed by atoms with Crippen LogP contribution < -0.4 is 4.90 Å². The molecule has 1 aliphatic rings. The number of nitrogens with zero attached hydrogens (tertiary/aromatic N) is 3.